The van der Waals surface area contributed by atoms with Gasteiger partial charge in [0, 0.05) is 5.56 Å². The van der Waals surface area contributed by atoms with Gasteiger partial charge in [0.05, 0.1) is 4.90 Å². The van der Waals surface area contributed by atoms with Crippen LogP contribution in [0.3, 0.4) is 0 Å². The molecule has 0 atom stereocenters. The highest BCUT2D eigenvalue weighted by Crippen LogP contribution is 2.31. The minimum atomic E-state index is -0.447. The Hall–Kier alpha value is -1.67. The van der Waals surface area contributed by atoms with E-state index in [9.17, 15) is 4.39 Å². The van der Waals surface area contributed by atoms with Gasteiger partial charge in [-0.15, -0.1) is 0 Å². The van der Waals surface area contributed by atoms with Gasteiger partial charge in [0.15, 0.2) is 10.2 Å². The molecule has 1 aromatic heterocycles. The van der Waals surface area contributed by atoms with Crippen molar-refractivity contribution in [2.75, 3.05) is 0 Å². The molecule has 0 saturated heterocycles. The molecule has 1 heterocycles. The van der Waals surface area contributed by atoms with Gasteiger partial charge in [0.25, 0.3) is 0 Å². The number of oxime groups is 1. The number of hydrogen-bond acceptors (Lipinski definition) is 6. The van der Waals surface area contributed by atoms with Crippen molar-refractivity contribution in [3.05, 3.63) is 35.4 Å². The molecule has 0 fully saturated rings. The molecule has 0 radical (unpaired) electrons. The van der Waals surface area contributed by atoms with Crippen LogP contribution in [0.2, 0.25) is 0 Å². The Morgan fingerprint density at radius 1 is 1.56 bits per heavy atom. The van der Waals surface area contributed by atoms with Crippen LogP contribution in [0.15, 0.2) is 32.6 Å². The molecule has 18 heavy (non-hydrogen) atoms. The SMILES string of the molecule is Cc1nsc(Sc2ccc(C(N)=NO)cc2F)n1. The van der Waals surface area contributed by atoms with E-state index in [1.165, 1.54) is 29.4 Å². The van der Waals surface area contributed by atoms with Gasteiger partial charge < -0.3 is 10.9 Å². The maximum Gasteiger partial charge on any atom is 0.174 e. The molecule has 8 heteroatoms. The van der Waals surface area contributed by atoms with Crippen molar-refractivity contribution in [1.29, 1.82) is 0 Å². The third-order valence-electron chi connectivity index (χ3n) is 2.04. The average molecular weight is 284 g/mol. The zero-order chi connectivity index (χ0) is 13.1. The number of halogens is 1. The highest BCUT2D eigenvalue weighted by atomic mass is 32.2. The van der Waals surface area contributed by atoms with Crippen LogP contribution in [0.5, 0.6) is 0 Å². The summed E-state index contributed by atoms with van der Waals surface area (Å²) in [5.74, 6) is 0.0883. The first-order chi connectivity index (χ1) is 8.60. The van der Waals surface area contributed by atoms with Crippen LogP contribution in [0.4, 0.5) is 4.39 Å². The summed E-state index contributed by atoms with van der Waals surface area (Å²) in [5, 5.41) is 11.3. The van der Waals surface area contributed by atoms with E-state index in [0.717, 1.165) is 0 Å². The molecule has 0 aliphatic heterocycles. The molecular weight excluding hydrogens is 275 g/mol. The number of nitrogens with two attached hydrogens (primary N) is 1. The summed E-state index contributed by atoms with van der Waals surface area (Å²) in [5.41, 5.74) is 5.70. The van der Waals surface area contributed by atoms with Crippen LogP contribution >= 0.6 is 23.3 Å². The fourth-order valence-electron chi connectivity index (χ4n) is 1.21. The van der Waals surface area contributed by atoms with Crippen molar-refractivity contribution in [2.45, 2.75) is 16.2 Å². The third kappa shape index (κ3) is 2.77. The molecule has 0 saturated carbocycles. The lowest BCUT2D eigenvalue weighted by Gasteiger charge is -2.03. The second-order valence-electron chi connectivity index (χ2n) is 3.34. The Morgan fingerprint density at radius 3 is 2.89 bits per heavy atom. The van der Waals surface area contributed by atoms with Gasteiger partial charge in [-0.25, -0.2) is 9.37 Å². The van der Waals surface area contributed by atoms with E-state index >= 15 is 0 Å². The number of aromatic nitrogens is 2. The van der Waals surface area contributed by atoms with Crippen molar-refractivity contribution in [1.82, 2.24) is 9.36 Å². The van der Waals surface area contributed by atoms with E-state index in [1.54, 1.807) is 19.1 Å². The Bertz CT molecular complexity index is 599. The first kappa shape index (κ1) is 12.8. The zero-order valence-electron chi connectivity index (χ0n) is 9.29. The van der Waals surface area contributed by atoms with Crippen molar-refractivity contribution in [2.24, 2.45) is 10.9 Å². The number of rotatable bonds is 3. The minimum absolute atomic E-state index is 0.128. The van der Waals surface area contributed by atoms with Gasteiger partial charge >= 0.3 is 0 Å². The fourth-order valence-corrected chi connectivity index (χ4v) is 2.83. The number of hydrogen-bond donors (Lipinski definition) is 2. The molecular formula is C10H9FN4OS2. The van der Waals surface area contributed by atoms with E-state index in [-0.39, 0.29) is 5.84 Å². The number of amidine groups is 1. The predicted molar refractivity (Wildman–Crippen MR) is 67.7 cm³/mol. The van der Waals surface area contributed by atoms with Gasteiger partial charge in [-0.2, -0.15) is 4.37 Å². The average Bonchev–Trinajstić information content (AvgIpc) is 2.76. The lowest BCUT2D eigenvalue weighted by Crippen LogP contribution is -2.13. The van der Waals surface area contributed by atoms with Gasteiger partial charge in [-0.3, -0.25) is 0 Å². The smallest absolute Gasteiger partial charge is 0.174 e. The van der Waals surface area contributed by atoms with Gasteiger partial charge in [0.1, 0.15) is 11.6 Å². The van der Waals surface area contributed by atoms with Crippen LogP contribution in [0, 0.1) is 12.7 Å². The van der Waals surface area contributed by atoms with E-state index in [4.69, 9.17) is 10.9 Å². The summed E-state index contributed by atoms with van der Waals surface area (Å²) in [6.07, 6.45) is 0. The topological polar surface area (TPSA) is 84.4 Å². The second-order valence-corrected chi connectivity index (χ2v) is 5.38. The molecule has 0 spiro atoms. The van der Waals surface area contributed by atoms with E-state index in [0.29, 0.717) is 20.6 Å². The highest BCUT2D eigenvalue weighted by Gasteiger charge is 2.10. The number of benzene rings is 1. The molecule has 3 N–H and O–H groups in total. The Morgan fingerprint density at radius 2 is 2.33 bits per heavy atom. The summed E-state index contributed by atoms with van der Waals surface area (Å²) < 4.78 is 18.5. The van der Waals surface area contributed by atoms with Crippen molar-refractivity contribution >= 4 is 29.1 Å². The second kappa shape index (κ2) is 5.32. The summed E-state index contributed by atoms with van der Waals surface area (Å²) in [6, 6.07) is 4.35. The summed E-state index contributed by atoms with van der Waals surface area (Å²) in [4.78, 5) is 4.55. The van der Waals surface area contributed by atoms with Gasteiger partial charge in [0.2, 0.25) is 0 Å². The van der Waals surface area contributed by atoms with Crippen LogP contribution in [0.25, 0.3) is 0 Å². The summed E-state index contributed by atoms with van der Waals surface area (Å²) >= 11 is 2.40. The monoisotopic (exact) mass is 284 g/mol. The number of nitrogens with zero attached hydrogens (tertiary/aromatic N) is 3. The molecule has 0 bridgehead atoms. The molecule has 0 aliphatic rings. The minimum Gasteiger partial charge on any atom is -0.409 e. The Balaban J connectivity index is 2.25. The fraction of sp³-hybridized carbons (Fsp3) is 0.100. The van der Waals surface area contributed by atoms with Gasteiger partial charge in [-0.1, -0.05) is 16.9 Å². The van der Waals surface area contributed by atoms with Crippen LogP contribution in [-0.4, -0.2) is 20.4 Å². The molecule has 0 unspecified atom stereocenters. The molecule has 0 aliphatic carbocycles. The van der Waals surface area contributed by atoms with Crippen LogP contribution < -0.4 is 5.73 Å². The first-order valence-electron chi connectivity index (χ1n) is 4.86. The number of aryl methyl sites for hydroxylation is 1. The Labute approximate surface area is 111 Å². The Kier molecular flexibility index (Phi) is 3.78. The van der Waals surface area contributed by atoms with E-state index in [2.05, 4.69) is 14.5 Å². The summed E-state index contributed by atoms with van der Waals surface area (Å²) in [6.45, 7) is 1.78. The molecule has 1 aromatic carbocycles. The quantitative estimate of drug-likeness (QED) is 0.391. The van der Waals surface area contributed by atoms with Crippen molar-refractivity contribution in [3.8, 4) is 0 Å². The van der Waals surface area contributed by atoms with Crippen molar-refractivity contribution in [3.63, 3.8) is 0 Å². The maximum absolute atomic E-state index is 13.8. The molecule has 2 rings (SSSR count). The third-order valence-corrected chi connectivity index (χ3v) is 3.94. The van der Waals surface area contributed by atoms with Crippen LogP contribution in [-0.2, 0) is 0 Å². The predicted octanol–water partition coefficient (Wildman–Crippen LogP) is 2.23. The lowest BCUT2D eigenvalue weighted by molar-refractivity contribution is 0.318. The molecule has 2 aromatic rings. The van der Waals surface area contributed by atoms with E-state index < -0.39 is 5.82 Å². The first-order valence-corrected chi connectivity index (χ1v) is 6.44. The van der Waals surface area contributed by atoms with Gasteiger partial charge in [-0.05, 0) is 36.7 Å². The zero-order valence-corrected chi connectivity index (χ0v) is 10.9. The molecule has 0 amide bonds. The molecule has 5 nitrogen and oxygen atoms in total. The largest absolute Gasteiger partial charge is 0.409 e. The lowest BCUT2D eigenvalue weighted by atomic mass is 10.2. The normalized spacial score (nSPS) is 11.8. The summed E-state index contributed by atoms with van der Waals surface area (Å²) in [7, 11) is 0. The molecule has 94 valence electrons. The van der Waals surface area contributed by atoms with E-state index in [1.807, 2.05) is 0 Å². The van der Waals surface area contributed by atoms with Crippen molar-refractivity contribution < 1.29 is 9.60 Å². The maximum atomic E-state index is 13.8. The van der Waals surface area contributed by atoms with Crippen LogP contribution in [0.1, 0.15) is 11.4 Å². The highest BCUT2D eigenvalue weighted by molar-refractivity contribution is 8.01. The standard InChI is InChI=1S/C10H9FN4OS2/c1-5-13-10(18-15-5)17-8-3-2-6(4-7(8)11)9(12)14-16/h2-4,16H,1H3,(H2,12,14).